The molecule has 1 fully saturated rings. The minimum Gasteiger partial charge on any atom is -0.374 e. The SMILES string of the molecule is C=CC[C@@H]1C[C@@H](OCc2ccccc2)[C@H](OCc2ccccc2)[C@@H](COCc2ccccc2)O1. The summed E-state index contributed by atoms with van der Waals surface area (Å²) in [5.41, 5.74) is 3.41. The summed E-state index contributed by atoms with van der Waals surface area (Å²) in [5.74, 6) is 0. The molecular weight excluding hydrogens is 424 g/mol. The van der Waals surface area contributed by atoms with Gasteiger partial charge in [0.25, 0.3) is 0 Å². The van der Waals surface area contributed by atoms with E-state index in [1.54, 1.807) is 0 Å². The van der Waals surface area contributed by atoms with Crippen LogP contribution in [0.15, 0.2) is 104 Å². The quantitative estimate of drug-likeness (QED) is 0.307. The second kappa shape index (κ2) is 13.2. The number of benzene rings is 3. The average Bonchev–Trinajstić information content (AvgIpc) is 2.89. The fourth-order valence-corrected chi connectivity index (χ4v) is 4.27. The third-order valence-electron chi connectivity index (χ3n) is 6.01. The molecule has 34 heavy (non-hydrogen) atoms. The van der Waals surface area contributed by atoms with Crippen LogP contribution < -0.4 is 0 Å². The molecule has 1 saturated heterocycles. The molecule has 0 saturated carbocycles. The molecule has 0 spiro atoms. The van der Waals surface area contributed by atoms with E-state index >= 15 is 0 Å². The maximum atomic E-state index is 6.46. The molecule has 4 heteroatoms. The van der Waals surface area contributed by atoms with Crippen LogP contribution in [0.4, 0.5) is 0 Å². The van der Waals surface area contributed by atoms with Gasteiger partial charge < -0.3 is 18.9 Å². The molecule has 1 aliphatic heterocycles. The smallest absolute Gasteiger partial charge is 0.113 e. The second-order valence-electron chi connectivity index (χ2n) is 8.65. The Labute approximate surface area is 203 Å². The first-order chi connectivity index (χ1) is 16.8. The van der Waals surface area contributed by atoms with Gasteiger partial charge in [0.15, 0.2) is 0 Å². The van der Waals surface area contributed by atoms with Gasteiger partial charge >= 0.3 is 0 Å². The van der Waals surface area contributed by atoms with Gasteiger partial charge in [-0.25, -0.2) is 0 Å². The maximum absolute atomic E-state index is 6.46. The van der Waals surface area contributed by atoms with Crippen molar-refractivity contribution >= 4 is 0 Å². The number of hydrogen-bond acceptors (Lipinski definition) is 4. The number of hydrogen-bond donors (Lipinski definition) is 0. The van der Waals surface area contributed by atoms with Crippen molar-refractivity contribution in [1.29, 1.82) is 0 Å². The van der Waals surface area contributed by atoms with E-state index in [4.69, 9.17) is 18.9 Å². The zero-order valence-electron chi connectivity index (χ0n) is 19.6. The highest BCUT2D eigenvalue weighted by Gasteiger charge is 2.40. The number of ether oxygens (including phenoxy) is 4. The minimum absolute atomic E-state index is 0.0279. The van der Waals surface area contributed by atoms with Gasteiger partial charge in [0, 0.05) is 6.42 Å². The van der Waals surface area contributed by atoms with Crippen molar-refractivity contribution in [2.24, 2.45) is 0 Å². The van der Waals surface area contributed by atoms with Crippen LogP contribution >= 0.6 is 0 Å². The van der Waals surface area contributed by atoms with Crippen LogP contribution in [-0.2, 0) is 38.8 Å². The topological polar surface area (TPSA) is 36.9 Å². The predicted octanol–water partition coefficient (Wildman–Crippen LogP) is 6.11. The Balaban J connectivity index is 1.46. The molecule has 3 aromatic carbocycles. The van der Waals surface area contributed by atoms with E-state index in [0.717, 1.165) is 29.5 Å². The van der Waals surface area contributed by atoms with E-state index < -0.39 is 0 Å². The normalized spacial score (nSPS) is 22.4. The number of rotatable bonds is 12. The average molecular weight is 459 g/mol. The molecule has 1 aliphatic rings. The first-order valence-electron chi connectivity index (χ1n) is 12.0. The van der Waals surface area contributed by atoms with Crippen LogP contribution in [0, 0.1) is 0 Å². The van der Waals surface area contributed by atoms with E-state index in [9.17, 15) is 0 Å². The Morgan fingerprint density at radius 1 is 0.735 bits per heavy atom. The maximum Gasteiger partial charge on any atom is 0.113 e. The molecule has 0 amide bonds. The Morgan fingerprint density at radius 2 is 1.26 bits per heavy atom. The van der Waals surface area contributed by atoms with Gasteiger partial charge in [0.1, 0.15) is 12.2 Å². The fourth-order valence-electron chi connectivity index (χ4n) is 4.27. The van der Waals surface area contributed by atoms with Crippen molar-refractivity contribution in [2.75, 3.05) is 6.61 Å². The molecule has 0 aliphatic carbocycles. The summed E-state index contributed by atoms with van der Waals surface area (Å²) < 4.78 is 25.4. The summed E-state index contributed by atoms with van der Waals surface area (Å²) in [4.78, 5) is 0. The van der Waals surface area contributed by atoms with E-state index in [1.165, 1.54) is 0 Å². The molecule has 0 bridgehead atoms. The summed E-state index contributed by atoms with van der Waals surface area (Å²) in [6.07, 6.45) is 2.89. The molecular formula is C30H34O4. The molecule has 3 aromatic rings. The minimum atomic E-state index is -0.235. The highest BCUT2D eigenvalue weighted by Crippen LogP contribution is 2.29. The summed E-state index contributed by atoms with van der Waals surface area (Å²) in [6, 6.07) is 30.7. The van der Waals surface area contributed by atoms with Gasteiger partial charge in [-0.05, 0) is 23.1 Å². The largest absolute Gasteiger partial charge is 0.374 e. The van der Waals surface area contributed by atoms with E-state index in [0.29, 0.717) is 26.4 Å². The highest BCUT2D eigenvalue weighted by molar-refractivity contribution is 5.15. The molecule has 0 radical (unpaired) electrons. The summed E-state index contributed by atoms with van der Waals surface area (Å²) in [6.45, 7) is 5.92. The van der Waals surface area contributed by atoms with Crippen molar-refractivity contribution in [3.63, 3.8) is 0 Å². The van der Waals surface area contributed by atoms with Gasteiger partial charge in [-0.2, -0.15) is 0 Å². The van der Waals surface area contributed by atoms with Crippen molar-refractivity contribution in [3.05, 3.63) is 120 Å². The summed E-state index contributed by atoms with van der Waals surface area (Å²) in [7, 11) is 0. The van der Waals surface area contributed by atoms with Crippen molar-refractivity contribution in [2.45, 2.75) is 57.1 Å². The van der Waals surface area contributed by atoms with E-state index in [1.807, 2.05) is 60.7 Å². The van der Waals surface area contributed by atoms with Crippen LogP contribution in [0.2, 0.25) is 0 Å². The lowest BCUT2D eigenvalue weighted by Gasteiger charge is -2.41. The molecule has 4 rings (SSSR count). The van der Waals surface area contributed by atoms with Crippen LogP contribution in [0.5, 0.6) is 0 Å². The Morgan fingerprint density at radius 3 is 1.82 bits per heavy atom. The molecule has 0 aromatic heterocycles. The summed E-state index contributed by atoms with van der Waals surface area (Å²) >= 11 is 0. The molecule has 0 unspecified atom stereocenters. The zero-order chi connectivity index (χ0) is 23.4. The highest BCUT2D eigenvalue weighted by atomic mass is 16.6. The van der Waals surface area contributed by atoms with Gasteiger partial charge in [-0.1, -0.05) is 97.1 Å². The fraction of sp³-hybridized carbons (Fsp3) is 0.333. The van der Waals surface area contributed by atoms with E-state index in [-0.39, 0.29) is 24.4 Å². The first kappa shape index (κ1) is 24.4. The van der Waals surface area contributed by atoms with Crippen LogP contribution in [0.1, 0.15) is 29.5 Å². The standard InChI is InChI=1S/C30H34O4/c1-2-12-27-19-28(32-21-25-15-8-4-9-16-25)30(33-22-26-17-10-5-11-18-26)29(34-27)23-31-20-24-13-6-3-7-14-24/h2-11,13-18,27-30H,1,12,19-23H2/t27-,28-,29-,30+/m1/s1. The summed E-state index contributed by atoms with van der Waals surface area (Å²) in [5, 5.41) is 0. The van der Waals surface area contributed by atoms with Gasteiger partial charge in [-0.3, -0.25) is 0 Å². The van der Waals surface area contributed by atoms with Crippen LogP contribution in [0.3, 0.4) is 0 Å². The molecule has 1 heterocycles. The van der Waals surface area contributed by atoms with Gasteiger partial charge in [0.05, 0.1) is 38.6 Å². The van der Waals surface area contributed by atoms with Crippen molar-refractivity contribution in [1.82, 2.24) is 0 Å². The van der Waals surface area contributed by atoms with Gasteiger partial charge in [0.2, 0.25) is 0 Å². The third kappa shape index (κ3) is 7.37. The molecule has 178 valence electrons. The lowest BCUT2D eigenvalue weighted by Crippen LogP contribution is -2.52. The Kier molecular flexibility index (Phi) is 9.47. The predicted molar refractivity (Wildman–Crippen MR) is 134 cm³/mol. The monoisotopic (exact) mass is 458 g/mol. The zero-order valence-corrected chi connectivity index (χ0v) is 19.6. The van der Waals surface area contributed by atoms with Crippen LogP contribution in [-0.4, -0.2) is 31.0 Å². The Bertz CT molecular complexity index is 961. The van der Waals surface area contributed by atoms with E-state index in [2.05, 4.69) is 43.0 Å². The first-order valence-corrected chi connectivity index (χ1v) is 12.0. The Hall–Kier alpha value is -2.76. The molecule has 4 nitrogen and oxygen atoms in total. The van der Waals surface area contributed by atoms with Crippen molar-refractivity contribution < 1.29 is 18.9 Å². The molecule has 4 atom stereocenters. The van der Waals surface area contributed by atoms with Crippen LogP contribution in [0.25, 0.3) is 0 Å². The third-order valence-corrected chi connectivity index (χ3v) is 6.01. The van der Waals surface area contributed by atoms with Crippen molar-refractivity contribution in [3.8, 4) is 0 Å². The lowest BCUT2D eigenvalue weighted by atomic mass is 9.95. The second-order valence-corrected chi connectivity index (χ2v) is 8.65. The van der Waals surface area contributed by atoms with Gasteiger partial charge in [-0.15, -0.1) is 6.58 Å². The lowest BCUT2D eigenvalue weighted by molar-refractivity contribution is -0.219. The molecule has 0 N–H and O–H groups in total.